The first-order chi connectivity index (χ1) is 12.5. The molecule has 0 aliphatic carbocycles. The van der Waals surface area contributed by atoms with E-state index in [1.54, 1.807) is 45.9 Å². The molecular weight excluding hydrogens is 362 g/mol. The summed E-state index contributed by atoms with van der Waals surface area (Å²) in [5.41, 5.74) is 7.92. The van der Waals surface area contributed by atoms with Gasteiger partial charge < -0.3 is 11.1 Å². The van der Waals surface area contributed by atoms with E-state index >= 15 is 0 Å². The zero-order chi connectivity index (χ0) is 20.2. The molecule has 0 heterocycles. The van der Waals surface area contributed by atoms with Gasteiger partial charge in [0.15, 0.2) is 0 Å². The minimum Gasteiger partial charge on any atom is -0.399 e. The fourth-order valence-corrected chi connectivity index (χ4v) is 4.35. The molecule has 0 aliphatic heterocycles. The number of benzene rings is 2. The first-order valence-electron chi connectivity index (χ1n) is 8.76. The van der Waals surface area contributed by atoms with Crippen LogP contribution in [0.25, 0.3) is 0 Å². The van der Waals surface area contributed by atoms with E-state index in [1.807, 2.05) is 18.2 Å². The number of nitrogens with two attached hydrogens (primary N) is 1. The maximum absolute atomic E-state index is 12.6. The van der Waals surface area contributed by atoms with Crippen LogP contribution in [0.3, 0.4) is 0 Å². The summed E-state index contributed by atoms with van der Waals surface area (Å²) in [4.78, 5) is 12.4. The molecule has 7 heteroatoms. The van der Waals surface area contributed by atoms with Crippen LogP contribution in [-0.4, -0.2) is 19.9 Å². The van der Waals surface area contributed by atoms with E-state index in [0.717, 1.165) is 5.56 Å². The van der Waals surface area contributed by atoms with Crippen molar-refractivity contribution in [1.82, 2.24) is 4.72 Å². The Morgan fingerprint density at radius 2 is 1.78 bits per heavy atom. The average Bonchev–Trinajstić information content (AvgIpc) is 2.53. The molecule has 2 rings (SSSR count). The number of nitrogens with one attached hydrogen (secondary N) is 2. The molecule has 0 fully saturated rings. The molecule has 0 radical (unpaired) electrons. The molecule has 0 aliphatic rings. The summed E-state index contributed by atoms with van der Waals surface area (Å²) < 4.78 is 27.9. The molecule has 2 aromatic carbocycles. The lowest BCUT2D eigenvalue weighted by molar-refractivity contribution is -0.116. The fraction of sp³-hybridized carbons (Fsp3) is 0.350. The standard InChI is InChI=1S/C20H27N3O3S/c1-14-9-11-16(13-18(14)27(25,26)23-20(2,3)4)22-19(24)12-10-15-7-5-6-8-17(15)21/h5-9,11,13,23H,10,12,21H2,1-4H3,(H,22,24). The number of hydrogen-bond donors (Lipinski definition) is 3. The smallest absolute Gasteiger partial charge is 0.241 e. The SMILES string of the molecule is Cc1ccc(NC(=O)CCc2ccccc2N)cc1S(=O)(=O)NC(C)(C)C. The number of nitrogen functional groups attached to an aromatic ring is 1. The van der Waals surface area contributed by atoms with E-state index in [1.165, 1.54) is 6.07 Å². The summed E-state index contributed by atoms with van der Waals surface area (Å²) >= 11 is 0. The number of aryl methyl sites for hydroxylation is 2. The van der Waals surface area contributed by atoms with Crippen molar-refractivity contribution in [1.29, 1.82) is 0 Å². The highest BCUT2D eigenvalue weighted by Crippen LogP contribution is 2.22. The van der Waals surface area contributed by atoms with Crippen molar-refractivity contribution in [2.45, 2.75) is 51.0 Å². The third-order valence-corrected chi connectivity index (χ3v) is 5.78. The van der Waals surface area contributed by atoms with Crippen molar-refractivity contribution in [2.24, 2.45) is 0 Å². The van der Waals surface area contributed by atoms with Gasteiger partial charge in [-0.15, -0.1) is 0 Å². The first kappa shape index (κ1) is 20.9. The summed E-state index contributed by atoms with van der Waals surface area (Å²) in [6, 6.07) is 12.3. The molecule has 27 heavy (non-hydrogen) atoms. The van der Waals surface area contributed by atoms with Crippen molar-refractivity contribution < 1.29 is 13.2 Å². The minimum absolute atomic E-state index is 0.155. The fourth-order valence-electron chi connectivity index (χ4n) is 2.66. The number of anilines is 2. The molecule has 0 unspecified atom stereocenters. The quantitative estimate of drug-likeness (QED) is 0.660. The second-order valence-corrected chi connectivity index (χ2v) is 9.23. The Bertz CT molecular complexity index is 932. The third kappa shape index (κ3) is 6.08. The Hall–Kier alpha value is -2.38. The van der Waals surface area contributed by atoms with Crippen LogP contribution in [0.2, 0.25) is 0 Å². The van der Waals surface area contributed by atoms with Crippen molar-refractivity contribution in [3.05, 3.63) is 53.6 Å². The van der Waals surface area contributed by atoms with Gasteiger partial charge in [-0.3, -0.25) is 4.79 Å². The Morgan fingerprint density at radius 1 is 1.11 bits per heavy atom. The van der Waals surface area contributed by atoms with Gasteiger partial charge in [0.1, 0.15) is 0 Å². The normalized spacial score (nSPS) is 12.0. The molecule has 0 aromatic heterocycles. The first-order valence-corrected chi connectivity index (χ1v) is 10.2. The van der Waals surface area contributed by atoms with E-state index in [-0.39, 0.29) is 17.2 Å². The second-order valence-electron chi connectivity index (χ2n) is 7.58. The number of carbonyl (C=O) groups excluding carboxylic acids is 1. The average molecular weight is 390 g/mol. The molecule has 1 amide bonds. The van der Waals surface area contributed by atoms with Crippen LogP contribution in [0.1, 0.15) is 38.3 Å². The van der Waals surface area contributed by atoms with Crippen LogP contribution in [0, 0.1) is 6.92 Å². The van der Waals surface area contributed by atoms with Crippen LogP contribution in [-0.2, 0) is 21.2 Å². The van der Waals surface area contributed by atoms with Gasteiger partial charge in [-0.2, -0.15) is 0 Å². The number of sulfonamides is 1. The number of carbonyl (C=O) groups is 1. The lowest BCUT2D eigenvalue weighted by atomic mass is 10.1. The molecule has 0 bridgehead atoms. The molecule has 0 saturated carbocycles. The minimum atomic E-state index is -3.69. The van der Waals surface area contributed by atoms with Crippen LogP contribution >= 0.6 is 0 Å². The Balaban J connectivity index is 2.11. The summed E-state index contributed by atoms with van der Waals surface area (Å²) in [7, 11) is -3.69. The van der Waals surface area contributed by atoms with Crippen molar-refractivity contribution in [2.75, 3.05) is 11.1 Å². The second kappa shape index (κ2) is 8.10. The number of rotatable bonds is 6. The predicted octanol–water partition coefficient (Wildman–Crippen LogP) is 3.23. The third-order valence-electron chi connectivity index (χ3n) is 3.88. The molecule has 0 spiro atoms. The molecule has 4 N–H and O–H groups in total. The number of para-hydroxylation sites is 1. The highest BCUT2D eigenvalue weighted by Gasteiger charge is 2.24. The molecule has 6 nitrogen and oxygen atoms in total. The molecule has 2 aromatic rings. The van der Waals surface area contributed by atoms with Gasteiger partial charge in [0.25, 0.3) is 0 Å². The van der Waals surface area contributed by atoms with Gasteiger partial charge in [0.05, 0.1) is 4.90 Å². The van der Waals surface area contributed by atoms with E-state index in [4.69, 9.17) is 5.73 Å². The van der Waals surface area contributed by atoms with Crippen molar-refractivity contribution in [3.63, 3.8) is 0 Å². The predicted molar refractivity (Wildman–Crippen MR) is 109 cm³/mol. The van der Waals surface area contributed by atoms with Crippen LogP contribution in [0.4, 0.5) is 11.4 Å². The maximum atomic E-state index is 12.6. The van der Waals surface area contributed by atoms with E-state index in [2.05, 4.69) is 10.0 Å². The maximum Gasteiger partial charge on any atom is 0.241 e. The van der Waals surface area contributed by atoms with Gasteiger partial charge in [-0.05, 0) is 63.4 Å². The van der Waals surface area contributed by atoms with Gasteiger partial charge in [-0.25, -0.2) is 13.1 Å². The summed E-state index contributed by atoms with van der Waals surface area (Å²) in [6.07, 6.45) is 0.769. The van der Waals surface area contributed by atoms with Crippen molar-refractivity contribution in [3.8, 4) is 0 Å². The van der Waals surface area contributed by atoms with Crippen LogP contribution < -0.4 is 15.8 Å². The molecule has 0 atom stereocenters. The summed E-state index contributed by atoms with van der Waals surface area (Å²) in [5.74, 6) is -0.200. The zero-order valence-electron chi connectivity index (χ0n) is 16.2. The number of hydrogen-bond acceptors (Lipinski definition) is 4. The Labute approximate surface area is 161 Å². The van der Waals surface area contributed by atoms with Gasteiger partial charge in [-0.1, -0.05) is 24.3 Å². The monoisotopic (exact) mass is 389 g/mol. The topological polar surface area (TPSA) is 101 Å². The van der Waals surface area contributed by atoms with E-state index < -0.39 is 15.6 Å². The summed E-state index contributed by atoms with van der Waals surface area (Å²) in [5, 5.41) is 2.76. The lowest BCUT2D eigenvalue weighted by Crippen LogP contribution is -2.40. The Kier molecular flexibility index (Phi) is 6.28. The number of amides is 1. The molecular formula is C20H27N3O3S. The van der Waals surface area contributed by atoms with E-state index in [0.29, 0.717) is 23.4 Å². The van der Waals surface area contributed by atoms with Gasteiger partial charge >= 0.3 is 0 Å². The highest BCUT2D eigenvalue weighted by atomic mass is 32.2. The van der Waals surface area contributed by atoms with Crippen LogP contribution in [0.15, 0.2) is 47.4 Å². The Morgan fingerprint density at radius 3 is 2.41 bits per heavy atom. The molecule has 0 saturated heterocycles. The van der Waals surface area contributed by atoms with Crippen molar-refractivity contribution >= 4 is 27.3 Å². The molecule has 146 valence electrons. The highest BCUT2D eigenvalue weighted by molar-refractivity contribution is 7.89. The van der Waals surface area contributed by atoms with Gasteiger partial charge in [0.2, 0.25) is 15.9 Å². The van der Waals surface area contributed by atoms with Crippen LogP contribution in [0.5, 0.6) is 0 Å². The largest absolute Gasteiger partial charge is 0.399 e. The lowest BCUT2D eigenvalue weighted by Gasteiger charge is -2.21. The van der Waals surface area contributed by atoms with E-state index in [9.17, 15) is 13.2 Å². The zero-order valence-corrected chi connectivity index (χ0v) is 17.0. The van der Waals surface area contributed by atoms with Gasteiger partial charge in [0, 0.05) is 23.3 Å². The summed E-state index contributed by atoms with van der Waals surface area (Å²) in [6.45, 7) is 7.06.